The van der Waals surface area contributed by atoms with Crippen molar-refractivity contribution >= 4 is 23.5 Å². The Kier molecular flexibility index (Phi) is 3.99. The van der Waals surface area contributed by atoms with Gasteiger partial charge < -0.3 is 10.0 Å². The van der Waals surface area contributed by atoms with Crippen LogP contribution in [0.3, 0.4) is 0 Å². The number of likely N-dealkylation sites (tertiary alicyclic amines) is 1. The monoisotopic (exact) mass is 296 g/mol. The summed E-state index contributed by atoms with van der Waals surface area (Å²) in [5.74, 6) is -1.05. The Hall–Kier alpha value is -1.62. The van der Waals surface area contributed by atoms with E-state index in [-0.39, 0.29) is 17.6 Å². The second-order valence-electron chi connectivity index (χ2n) is 5.52. The number of aryl methyl sites for hydroxylation is 1. The molecule has 0 bridgehead atoms. The van der Waals surface area contributed by atoms with Crippen molar-refractivity contribution in [3.8, 4) is 0 Å². The Balaban J connectivity index is 2.22. The van der Waals surface area contributed by atoms with Crippen LogP contribution in [0.2, 0.25) is 5.15 Å². The quantitative estimate of drug-likeness (QED) is 0.851. The first kappa shape index (κ1) is 14.8. The van der Waals surface area contributed by atoms with Crippen molar-refractivity contribution in [3.05, 3.63) is 28.5 Å². The number of carboxylic acids is 1. The highest BCUT2D eigenvalue weighted by Crippen LogP contribution is 2.30. The van der Waals surface area contributed by atoms with Crippen LogP contribution in [0.4, 0.5) is 0 Å². The molecular weight excluding hydrogens is 280 g/mol. The van der Waals surface area contributed by atoms with E-state index in [2.05, 4.69) is 4.98 Å². The van der Waals surface area contributed by atoms with Crippen LogP contribution < -0.4 is 0 Å². The molecule has 6 heteroatoms. The summed E-state index contributed by atoms with van der Waals surface area (Å²) in [4.78, 5) is 29.4. The molecule has 2 rings (SSSR count). The Labute approximate surface area is 122 Å². The summed E-state index contributed by atoms with van der Waals surface area (Å²) in [7, 11) is 0. The number of carbonyl (C=O) groups excluding carboxylic acids is 1. The van der Waals surface area contributed by atoms with Crippen LogP contribution in [-0.4, -0.2) is 40.0 Å². The maximum Gasteiger partial charge on any atom is 0.311 e. The molecule has 1 fully saturated rings. The molecule has 1 amide bonds. The molecule has 1 aliphatic heterocycles. The average Bonchev–Trinajstić information content (AvgIpc) is 2.36. The number of hydrogen-bond donors (Lipinski definition) is 1. The molecule has 1 atom stereocenters. The lowest BCUT2D eigenvalue weighted by molar-refractivity contribution is -0.150. The van der Waals surface area contributed by atoms with Crippen LogP contribution in [0.1, 0.15) is 35.8 Å². The Bertz CT molecular complexity index is 541. The number of nitrogens with zero attached hydrogens (tertiary/aromatic N) is 2. The van der Waals surface area contributed by atoms with Gasteiger partial charge in [-0.3, -0.25) is 9.59 Å². The topological polar surface area (TPSA) is 70.5 Å². The maximum absolute atomic E-state index is 12.5. The zero-order valence-corrected chi connectivity index (χ0v) is 12.3. The van der Waals surface area contributed by atoms with Crippen molar-refractivity contribution in [2.24, 2.45) is 5.41 Å². The third kappa shape index (κ3) is 2.93. The molecule has 0 aliphatic carbocycles. The van der Waals surface area contributed by atoms with Gasteiger partial charge in [0, 0.05) is 24.3 Å². The third-order valence-corrected chi connectivity index (χ3v) is 3.86. The van der Waals surface area contributed by atoms with Gasteiger partial charge in [0.25, 0.3) is 5.91 Å². The highest BCUT2D eigenvalue weighted by atomic mass is 35.5. The number of hydrogen-bond acceptors (Lipinski definition) is 3. The Morgan fingerprint density at radius 2 is 2.15 bits per heavy atom. The van der Waals surface area contributed by atoms with Crippen molar-refractivity contribution < 1.29 is 14.7 Å². The molecular formula is C14H17ClN2O3. The van der Waals surface area contributed by atoms with Gasteiger partial charge in [0.05, 0.1) is 5.41 Å². The number of aromatic nitrogens is 1. The molecule has 0 radical (unpaired) electrons. The predicted molar refractivity (Wildman–Crippen MR) is 74.9 cm³/mol. The SMILES string of the molecule is Cc1cc(C(=O)N2CCCC(C)(C(=O)O)C2)cc(Cl)n1. The van der Waals surface area contributed by atoms with Crippen LogP contribution in [0.5, 0.6) is 0 Å². The molecule has 0 aromatic carbocycles. The molecule has 1 N–H and O–H groups in total. The Morgan fingerprint density at radius 3 is 2.75 bits per heavy atom. The second kappa shape index (κ2) is 5.40. The van der Waals surface area contributed by atoms with Gasteiger partial charge in [0.15, 0.2) is 0 Å². The maximum atomic E-state index is 12.5. The number of carboxylic acid groups (broad SMARTS) is 1. The smallest absolute Gasteiger partial charge is 0.311 e. The van der Waals surface area contributed by atoms with Gasteiger partial charge in [-0.05, 0) is 38.8 Å². The first-order valence-corrected chi connectivity index (χ1v) is 6.86. The van der Waals surface area contributed by atoms with Gasteiger partial charge in [0.1, 0.15) is 5.15 Å². The van der Waals surface area contributed by atoms with Crippen molar-refractivity contribution in [1.29, 1.82) is 0 Å². The van der Waals surface area contributed by atoms with Crippen LogP contribution in [-0.2, 0) is 4.79 Å². The van der Waals surface area contributed by atoms with E-state index in [1.807, 2.05) is 0 Å². The fourth-order valence-corrected chi connectivity index (χ4v) is 2.77. The van der Waals surface area contributed by atoms with Crippen LogP contribution in [0.15, 0.2) is 12.1 Å². The van der Waals surface area contributed by atoms with E-state index >= 15 is 0 Å². The molecule has 1 aliphatic rings. The number of amides is 1. The first-order valence-electron chi connectivity index (χ1n) is 6.49. The lowest BCUT2D eigenvalue weighted by Crippen LogP contribution is -2.48. The lowest BCUT2D eigenvalue weighted by atomic mass is 9.82. The van der Waals surface area contributed by atoms with Crippen LogP contribution in [0.25, 0.3) is 0 Å². The van der Waals surface area contributed by atoms with E-state index in [1.165, 1.54) is 6.07 Å². The summed E-state index contributed by atoms with van der Waals surface area (Å²) < 4.78 is 0. The number of halogens is 1. The summed E-state index contributed by atoms with van der Waals surface area (Å²) in [6.07, 6.45) is 1.27. The van der Waals surface area contributed by atoms with E-state index in [9.17, 15) is 14.7 Å². The Morgan fingerprint density at radius 1 is 1.45 bits per heavy atom. The summed E-state index contributed by atoms with van der Waals surface area (Å²) >= 11 is 5.86. The van der Waals surface area contributed by atoms with Gasteiger partial charge in [0.2, 0.25) is 0 Å². The normalized spacial score (nSPS) is 22.6. The number of carbonyl (C=O) groups is 2. The summed E-state index contributed by atoms with van der Waals surface area (Å²) in [6.45, 7) is 4.24. The van der Waals surface area contributed by atoms with Gasteiger partial charge >= 0.3 is 5.97 Å². The minimum Gasteiger partial charge on any atom is -0.481 e. The summed E-state index contributed by atoms with van der Waals surface area (Å²) in [6, 6.07) is 3.19. The van der Waals surface area contributed by atoms with E-state index < -0.39 is 11.4 Å². The first-order chi connectivity index (χ1) is 9.32. The molecule has 0 saturated carbocycles. The molecule has 1 unspecified atom stereocenters. The lowest BCUT2D eigenvalue weighted by Gasteiger charge is -2.37. The van der Waals surface area contributed by atoms with E-state index in [4.69, 9.17) is 11.6 Å². The van der Waals surface area contributed by atoms with Crippen molar-refractivity contribution in [3.63, 3.8) is 0 Å². The molecule has 1 saturated heterocycles. The number of rotatable bonds is 2. The summed E-state index contributed by atoms with van der Waals surface area (Å²) in [5, 5.41) is 9.56. The minimum atomic E-state index is -0.875. The van der Waals surface area contributed by atoms with E-state index in [0.29, 0.717) is 30.6 Å². The number of pyridine rings is 1. The molecule has 2 heterocycles. The molecule has 1 aromatic rings. The van der Waals surface area contributed by atoms with Gasteiger partial charge in [-0.25, -0.2) is 4.98 Å². The van der Waals surface area contributed by atoms with Crippen molar-refractivity contribution in [1.82, 2.24) is 9.88 Å². The van der Waals surface area contributed by atoms with Crippen LogP contribution >= 0.6 is 11.6 Å². The fourth-order valence-electron chi connectivity index (χ4n) is 2.52. The van der Waals surface area contributed by atoms with Crippen molar-refractivity contribution in [2.75, 3.05) is 13.1 Å². The minimum absolute atomic E-state index is 0.190. The molecule has 108 valence electrons. The van der Waals surface area contributed by atoms with Crippen LogP contribution in [0, 0.1) is 12.3 Å². The predicted octanol–water partition coefficient (Wildman–Crippen LogP) is 2.37. The van der Waals surface area contributed by atoms with Gasteiger partial charge in [-0.1, -0.05) is 11.6 Å². The van der Waals surface area contributed by atoms with Gasteiger partial charge in [-0.2, -0.15) is 0 Å². The van der Waals surface area contributed by atoms with E-state index in [1.54, 1.807) is 24.8 Å². The zero-order valence-electron chi connectivity index (χ0n) is 11.5. The summed E-state index contributed by atoms with van der Waals surface area (Å²) in [5.41, 5.74) is 0.246. The number of piperidine rings is 1. The highest BCUT2D eigenvalue weighted by Gasteiger charge is 2.39. The molecule has 1 aromatic heterocycles. The third-order valence-electron chi connectivity index (χ3n) is 3.67. The largest absolute Gasteiger partial charge is 0.481 e. The zero-order chi connectivity index (χ0) is 14.9. The fraction of sp³-hybridized carbons (Fsp3) is 0.500. The molecule has 5 nitrogen and oxygen atoms in total. The van der Waals surface area contributed by atoms with Crippen molar-refractivity contribution in [2.45, 2.75) is 26.7 Å². The van der Waals surface area contributed by atoms with Gasteiger partial charge in [-0.15, -0.1) is 0 Å². The highest BCUT2D eigenvalue weighted by molar-refractivity contribution is 6.29. The number of aliphatic carboxylic acids is 1. The molecule has 0 spiro atoms. The second-order valence-corrected chi connectivity index (χ2v) is 5.90. The van der Waals surface area contributed by atoms with E-state index in [0.717, 1.165) is 0 Å². The average molecular weight is 297 g/mol. The molecule has 20 heavy (non-hydrogen) atoms. The standard InChI is InChI=1S/C14H17ClN2O3/c1-9-6-10(7-11(15)16-9)12(18)17-5-3-4-14(2,8-17)13(19)20/h6-7H,3-5,8H2,1-2H3,(H,19,20).